The monoisotopic (exact) mass is 308 g/mol. The Bertz CT molecular complexity index is 622. The Morgan fingerprint density at radius 2 is 2.15 bits per heavy atom. The molecule has 0 aliphatic heterocycles. The molecule has 1 aromatic carbocycles. The highest BCUT2D eigenvalue weighted by atomic mass is 32.1. The van der Waals surface area contributed by atoms with Gasteiger partial charge in [-0.3, -0.25) is 0 Å². The smallest absolute Gasteiger partial charge is 0.146 e. The number of thiophene rings is 1. The summed E-state index contributed by atoms with van der Waals surface area (Å²) in [6, 6.07) is 9.15. The maximum atomic E-state index is 13.9. The zero-order chi connectivity index (χ0) is 14.7. The molecular formula is C15H17FN2S2. The minimum absolute atomic E-state index is 0.151. The predicted molar refractivity (Wildman–Crippen MR) is 88.1 cm³/mol. The minimum Gasteiger partial charge on any atom is -0.389 e. The van der Waals surface area contributed by atoms with Gasteiger partial charge in [-0.2, -0.15) is 0 Å². The highest BCUT2D eigenvalue weighted by molar-refractivity contribution is 7.80. The zero-order valence-corrected chi connectivity index (χ0v) is 13.1. The van der Waals surface area contributed by atoms with Crippen LogP contribution < -0.4 is 11.1 Å². The Balaban J connectivity index is 2.04. The van der Waals surface area contributed by atoms with Crippen LogP contribution in [0.1, 0.15) is 22.2 Å². The minimum atomic E-state index is -0.329. The van der Waals surface area contributed by atoms with Gasteiger partial charge in [0.1, 0.15) is 10.8 Å². The number of nitrogens with two attached hydrogens (primary N) is 1. The summed E-state index contributed by atoms with van der Waals surface area (Å²) in [6.45, 7) is 4.12. The molecule has 2 rings (SSSR count). The normalized spacial score (nSPS) is 12.2. The molecule has 0 amide bonds. The third kappa shape index (κ3) is 3.77. The molecule has 1 aromatic heterocycles. The molecule has 1 unspecified atom stereocenters. The molecule has 0 bridgehead atoms. The molecule has 20 heavy (non-hydrogen) atoms. The molecule has 0 fully saturated rings. The molecule has 0 aliphatic carbocycles. The first-order chi connectivity index (χ1) is 9.45. The van der Waals surface area contributed by atoms with E-state index in [2.05, 4.69) is 24.4 Å². The standard InChI is InChI=1S/C15H17FN2S2/c1-9(7-12-5-3-10(2)20-12)18-14-6-4-11(15(17)19)8-13(14)16/h3-6,8-9,18H,7H2,1-2H3,(H2,17,19). The van der Waals surface area contributed by atoms with Crippen LogP contribution in [-0.4, -0.2) is 11.0 Å². The van der Waals surface area contributed by atoms with Gasteiger partial charge < -0.3 is 11.1 Å². The SMILES string of the molecule is Cc1ccc(CC(C)Nc2ccc(C(N)=S)cc2F)s1. The summed E-state index contributed by atoms with van der Waals surface area (Å²) in [5.74, 6) is -0.329. The van der Waals surface area contributed by atoms with Gasteiger partial charge in [0.2, 0.25) is 0 Å². The number of anilines is 1. The van der Waals surface area contributed by atoms with E-state index < -0.39 is 0 Å². The average Bonchev–Trinajstić information content (AvgIpc) is 2.77. The van der Waals surface area contributed by atoms with Gasteiger partial charge in [-0.05, 0) is 44.2 Å². The van der Waals surface area contributed by atoms with Gasteiger partial charge in [0.15, 0.2) is 0 Å². The van der Waals surface area contributed by atoms with E-state index in [-0.39, 0.29) is 16.8 Å². The first kappa shape index (κ1) is 14.9. The lowest BCUT2D eigenvalue weighted by atomic mass is 10.1. The summed E-state index contributed by atoms with van der Waals surface area (Å²) < 4.78 is 13.9. The number of thiocarbonyl (C=S) groups is 1. The van der Waals surface area contributed by atoms with Crippen molar-refractivity contribution >= 4 is 34.2 Å². The van der Waals surface area contributed by atoms with E-state index >= 15 is 0 Å². The van der Waals surface area contributed by atoms with Gasteiger partial charge in [0, 0.05) is 27.8 Å². The van der Waals surface area contributed by atoms with E-state index in [1.807, 2.05) is 6.92 Å². The fraction of sp³-hybridized carbons (Fsp3) is 0.267. The second-order valence-electron chi connectivity index (χ2n) is 4.82. The highest BCUT2D eigenvalue weighted by Crippen LogP contribution is 2.20. The van der Waals surface area contributed by atoms with Crippen molar-refractivity contribution in [3.05, 3.63) is 51.5 Å². The van der Waals surface area contributed by atoms with Crippen LogP contribution in [0.25, 0.3) is 0 Å². The number of hydrogen-bond acceptors (Lipinski definition) is 3. The number of benzene rings is 1. The molecule has 0 radical (unpaired) electrons. The van der Waals surface area contributed by atoms with Crippen LogP contribution in [-0.2, 0) is 6.42 Å². The van der Waals surface area contributed by atoms with Crippen LogP contribution >= 0.6 is 23.6 Å². The Kier molecular flexibility index (Phi) is 4.73. The summed E-state index contributed by atoms with van der Waals surface area (Å²) in [7, 11) is 0. The molecule has 106 valence electrons. The van der Waals surface area contributed by atoms with Crippen molar-refractivity contribution < 1.29 is 4.39 Å². The molecular weight excluding hydrogens is 291 g/mol. The number of aryl methyl sites for hydroxylation is 1. The molecule has 0 saturated heterocycles. The molecule has 2 nitrogen and oxygen atoms in total. The van der Waals surface area contributed by atoms with E-state index in [1.165, 1.54) is 15.8 Å². The van der Waals surface area contributed by atoms with Crippen molar-refractivity contribution in [1.29, 1.82) is 0 Å². The first-order valence-electron chi connectivity index (χ1n) is 6.37. The third-order valence-corrected chi connectivity index (χ3v) is 4.22. The Morgan fingerprint density at radius 1 is 1.40 bits per heavy atom. The summed E-state index contributed by atoms with van der Waals surface area (Å²) in [5, 5.41) is 3.18. The van der Waals surface area contributed by atoms with Crippen molar-refractivity contribution in [2.75, 3.05) is 5.32 Å². The lowest BCUT2D eigenvalue weighted by Gasteiger charge is -2.15. The fourth-order valence-corrected chi connectivity index (χ4v) is 3.14. The fourth-order valence-electron chi connectivity index (χ4n) is 2.00. The van der Waals surface area contributed by atoms with Crippen LogP contribution in [0.15, 0.2) is 30.3 Å². The summed E-state index contributed by atoms with van der Waals surface area (Å²) in [6.07, 6.45) is 0.870. The van der Waals surface area contributed by atoms with Crippen molar-refractivity contribution in [2.24, 2.45) is 5.73 Å². The van der Waals surface area contributed by atoms with Crippen molar-refractivity contribution in [1.82, 2.24) is 0 Å². The lowest BCUT2D eigenvalue weighted by molar-refractivity contribution is 0.626. The third-order valence-electron chi connectivity index (χ3n) is 2.96. The number of nitrogens with one attached hydrogen (secondary N) is 1. The molecule has 1 atom stereocenters. The van der Waals surface area contributed by atoms with E-state index in [0.29, 0.717) is 11.3 Å². The first-order valence-corrected chi connectivity index (χ1v) is 7.59. The molecule has 0 spiro atoms. The molecule has 2 aromatic rings. The van der Waals surface area contributed by atoms with Gasteiger partial charge in [-0.15, -0.1) is 11.3 Å². The topological polar surface area (TPSA) is 38.0 Å². The second-order valence-corrected chi connectivity index (χ2v) is 6.63. The predicted octanol–water partition coefficient (Wildman–Crippen LogP) is 3.87. The Labute approximate surface area is 127 Å². The molecule has 3 N–H and O–H groups in total. The highest BCUT2D eigenvalue weighted by Gasteiger charge is 2.10. The molecule has 0 aliphatic rings. The summed E-state index contributed by atoms with van der Waals surface area (Å²) in [5.41, 5.74) is 6.51. The Morgan fingerprint density at radius 3 is 2.70 bits per heavy atom. The molecule has 1 heterocycles. The van der Waals surface area contributed by atoms with Crippen molar-refractivity contribution in [3.8, 4) is 0 Å². The summed E-state index contributed by atoms with van der Waals surface area (Å²) in [4.78, 5) is 2.79. The van der Waals surface area contributed by atoms with Crippen LogP contribution in [0.2, 0.25) is 0 Å². The number of hydrogen-bond donors (Lipinski definition) is 2. The van der Waals surface area contributed by atoms with Gasteiger partial charge in [-0.25, -0.2) is 4.39 Å². The van der Waals surface area contributed by atoms with E-state index in [1.54, 1.807) is 23.5 Å². The van der Waals surface area contributed by atoms with Gasteiger partial charge in [0.05, 0.1) is 5.69 Å². The van der Waals surface area contributed by atoms with Crippen molar-refractivity contribution in [2.45, 2.75) is 26.3 Å². The second kappa shape index (κ2) is 6.33. The van der Waals surface area contributed by atoms with E-state index in [4.69, 9.17) is 18.0 Å². The Hall–Kier alpha value is -1.46. The van der Waals surface area contributed by atoms with Crippen LogP contribution in [0.3, 0.4) is 0 Å². The van der Waals surface area contributed by atoms with E-state index in [9.17, 15) is 4.39 Å². The summed E-state index contributed by atoms with van der Waals surface area (Å²) >= 11 is 6.60. The van der Waals surface area contributed by atoms with Gasteiger partial charge in [-0.1, -0.05) is 12.2 Å². The number of rotatable bonds is 5. The van der Waals surface area contributed by atoms with Crippen LogP contribution in [0, 0.1) is 12.7 Å². The zero-order valence-electron chi connectivity index (χ0n) is 11.4. The van der Waals surface area contributed by atoms with Crippen LogP contribution in [0.5, 0.6) is 0 Å². The largest absolute Gasteiger partial charge is 0.389 e. The van der Waals surface area contributed by atoms with Gasteiger partial charge >= 0.3 is 0 Å². The quantitative estimate of drug-likeness (QED) is 0.823. The number of halogens is 1. The average molecular weight is 308 g/mol. The van der Waals surface area contributed by atoms with Crippen LogP contribution in [0.4, 0.5) is 10.1 Å². The maximum Gasteiger partial charge on any atom is 0.146 e. The molecule has 5 heteroatoms. The maximum absolute atomic E-state index is 13.9. The lowest BCUT2D eigenvalue weighted by Crippen LogP contribution is -2.19. The van der Waals surface area contributed by atoms with Crippen molar-refractivity contribution in [3.63, 3.8) is 0 Å². The molecule has 0 saturated carbocycles. The van der Waals surface area contributed by atoms with E-state index in [0.717, 1.165) is 6.42 Å². The van der Waals surface area contributed by atoms with Gasteiger partial charge in [0.25, 0.3) is 0 Å².